The van der Waals surface area contributed by atoms with Crippen LogP contribution in [0.25, 0.3) is 0 Å². The number of aliphatic carboxylic acids is 1. The van der Waals surface area contributed by atoms with Crippen molar-refractivity contribution < 1.29 is 14.3 Å². The standard InChI is InChI=1S/C6H10FNO2.ClH/c7-4-1-5(8-3-4)2-6(9)10;/h4-5,8H,1-3H2,(H,9,10);1H. The van der Waals surface area contributed by atoms with Gasteiger partial charge in [-0.2, -0.15) is 0 Å². The Bertz CT molecular complexity index is 145. The molecule has 0 aromatic carbocycles. The second kappa shape index (κ2) is 4.51. The van der Waals surface area contributed by atoms with E-state index in [9.17, 15) is 9.18 Å². The minimum absolute atomic E-state index is 0. The first-order valence-corrected chi connectivity index (χ1v) is 3.27. The van der Waals surface area contributed by atoms with E-state index in [1.807, 2.05) is 0 Å². The van der Waals surface area contributed by atoms with Gasteiger partial charge in [-0.1, -0.05) is 0 Å². The number of rotatable bonds is 2. The summed E-state index contributed by atoms with van der Waals surface area (Å²) in [5.41, 5.74) is 0. The fourth-order valence-corrected chi connectivity index (χ4v) is 1.14. The minimum atomic E-state index is -0.869. The number of alkyl halides is 1. The van der Waals surface area contributed by atoms with E-state index in [0.717, 1.165) is 0 Å². The van der Waals surface area contributed by atoms with Gasteiger partial charge in [-0.25, -0.2) is 4.39 Å². The average molecular weight is 184 g/mol. The zero-order valence-corrected chi connectivity index (χ0v) is 6.73. The summed E-state index contributed by atoms with van der Waals surface area (Å²) in [7, 11) is 0. The zero-order chi connectivity index (χ0) is 7.56. The maximum Gasteiger partial charge on any atom is 0.304 e. The first kappa shape index (κ1) is 10.7. The lowest BCUT2D eigenvalue weighted by atomic mass is 10.1. The van der Waals surface area contributed by atoms with Crippen molar-refractivity contribution in [1.82, 2.24) is 5.32 Å². The summed E-state index contributed by atoms with van der Waals surface area (Å²) in [5, 5.41) is 11.1. The molecule has 11 heavy (non-hydrogen) atoms. The molecule has 0 bridgehead atoms. The molecule has 1 fully saturated rings. The predicted molar refractivity (Wildman–Crippen MR) is 40.8 cm³/mol. The van der Waals surface area contributed by atoms with Crippen molar-refractivity contribution in [2.75, 3.05) is 6.54 Å². The number of hydrogen-bond donors (Lipinski definition) is 2. The quantitative estimate of drug-likeness (QED) is 0.659. The first-order valence-electron chi connectivity index (χ1n) is 3.27. The van der Waals surface area contributed by atoms with Gasteiger partial charge in [0.1, 0.15) is 6.17 Å². The smallest absolute Gasteiger partial charge is 0.304 e. The van der Waals surface area contributed by atoms with Gasteiger partial charge in [0.15, 0.2) is 0 Å². The van der Waals surface area contributed by atoms with Crippen molar-refractivity contribution in [1.29, 1.82) is 0 Å². The van der Waals surface area contributed by atoms with Crippen LogP contribution in [-0.4, -0.2) is 29.8 Å². The molecule has 2 N–H and O–H groups in total. The Morgan fingerprint density at radius 2 is 2.36 bits per heavy atom. The molecule has 1 aliphatic rings. The Hall–Kier alpha value is -0.350. The average Bonchev–Trinajstić information content (AvgIpc) is 2.13. The number of carboxylic acids is 1. The van der Waals surface area contributed by atoms with Gasteiger partial charge in [-0.3, -0.25) is 4.79 Å². The minimum Gasteiger partial charge on any atom is -0.481 e. The summed E-state index contributed by atoms with van der Waals surface area (Å²) in [6.07, 6.45) is -0.489. The van der Waals surface area contributed by atoms with Gasteiger partial charge in [-0.05, 0) is 6.42 Å². The lowest BCUT2D eigenvalue weighted by molar-refractivity contribution is -0.137. The molecule has 2 unspecified atom stereocenters. The molecule has 0 aliphatic carbocycles. The summed E-state index contributed by atoms with van der Waals surface area (Å²) in [4.78, 5) is 10.1. The molecule has 5 heteroatoms. The van der Waals surface area contributed by atoms with Crippen LogP contribution in [0.1, 0.15) is 12.8 Å². The van der Waals surface area contributed by atoms with Crippen LogP contribution in [0.4, 0.5) is 4.39 Å². The monoisotopic (exact) mass is 183 g/mol. The summed E-state index contributed by atoms with van der Waals surface area (Å²) in [5.74, 6) is -0.869. The summed E-state index contributed by atoms with van der Waals surface area (Å²) >= 11 is 0. The van der Waals surface area contributed by atoms with Crippen LogP contribution in [0.5, 0.6) is 0 Å². The van der Waals surface area contributed by atoms with Crippen molar-refractivity contribution in [2.45, 2.75) is 25.1 Å². The summed E-state index contributed by atoms with van der Waals surface area (Å²) in [6.45, 7) is 0.304. The lowest BCUT2D eigenvalue weighted by Gasteiger charge is -2.03. The molecule has 0 radical (unpaired) electrons. The van der Waals surface area contributed by atoms with Crippen LogP contribution in [0.2, 0.25) is 0 Å². The third-order valence-corrected chi connectivity index (χ3v) is 1.59. The van der Waals surface area contributed by atoms with E-state index >= 15 is 0 Å². The Morgan fingerprint density at radius 1 is 1.73 bits per heavy atom. The lowest BCUT2D eigenvalue weighted by Crippen LogP contribution is -2.24. The maximum absolute atomic E-state index is 12.4. The van der Waals surface area contributed by atoms with Crippen LogP contribution in [-0.2, 0) is 4.79 Å². The summed E-state index contributed by atoms with van der Waals surface area (Å²) < 4.78 is 12.4. The van der Waals surface area contributed by atoms with Crippen molar-refractivity contribution in [3.05, 3.63) is 0 Å². The molecule has 0 amide bonds. The van der Waals surface area contributed by atoms with E-state index in [1.165, 1.54) is 0 Å². The van der Waals surface area contributed by atoms with E-state index in [2.05, 4.69) is 5.32 Å². The zero-order valence-electron chi connectivity index (χ0n) is 5.92. The van der Waals surface area contributed by atoms with Gasteiger partial charge in [0.25, 0.3) is 0 Å². The molecule has 1 saturated heterocycles. The molecule has 66 valence electrons. The van der Waals surface area contributed by atoms with Gasteiger partial charge in [0.2, 0.25) is 0 Å². The fraction of sp³-hybridized carbons (Fsp3) is 0.833. The van der Waals surface area contributed by atoms with E-state index in [0.29, 0.717) is 13.0 Å². The van der Waals surface area contributed by atoms with Crippen molar-refractivity contribution in [3.8, 4) is 0 Å². The third-order valence-electron chi connectivity index (χ3n) is 1.59. The van der Waals surface area contributed by atoms with Crippen molar-refractivity contribution in [3.63, 3.8) is 0 Å². The van der Waals surface area contributed by atoms with Gasteiger partial charge in [-0.15, -0.1) is 12.4 Å². The van der Waals surface area contributed by atoms with E-state index in [-0.39, 0.29) is 24.9 Å². The number of carboxylic acid groups (broad SMARTS) is 1. The van der Waals surface area contributed by atoms with Gasteiger partial charge in [0.05, 0.1) is 6.42 Å². The Balaban J connectivity index is 0.000001000. The molecule has 0 aromatic heterocycles. The highest BCUT2D eigenvalue weighted by Gasteiger charge is 2.24. The molecule has 3 nitrogen and oxygen atoms in total. The number of hydrogen-bond acceptors (Lipinski definition) is 2. The van der Waals surface area contributed by atoms with E-state index in [4.69, 9.17) is 5.11 Å². The molecule has 0 aromatic rings. The Morgan fingerprint density at radius 3 is 2.73 bits per heavy atom. The SMILES string of the molecule is Cl.O=C(O)CC1CC(F)CN1. The topological polar surface area (TPSA) is 49.3 Å². The van der Waals surface area contributed by atoms with Crippen LogP contribution < -0.4 is 5.32 Å². The normalized spacial score (nSPS) is 29.5. The van der Waals surface area contributed by atoms with Crippen LogP contribution in [0.3, 0.4) is 0 Å². The molecular formula is C6H11ClFNO2. The second-order valence-electron chi connectivity index (χ2n) is 2.54. The van der Waals surface area contributed by atoms with Crippen LogP contribution >= 0.6 is 12.4 Å². The van der Waals surface area contributed by atoms with Gasteiger partial charge < -0.3 is 10.4 Å². The highest BCUT2D eigenvalue weighted by Crippen LogP contribution is 2.12. The third kappa shape index (κ3) is 3.53. The number of nitrogens with one attached hydrogen (secondary N) is 1. The highest BCUT2D eigenvalue weighted by atomic mass is 35.5. The van der Waals surface area contributed by atoms with Gasteiger partial charge >= 0.3 is 5.97 Å². The summed E-state index contributed by atoms with van der Waals surface area (Å²) in [6, 6.07) is -0.160. The van der Waals surface area contributed by atoms with E-state index < -0.39 is 12.1 Å². The van der Waals surface area contributed by atoms with Gasteiger partial charge in [0, 0.05) is 12.6 Å². The maximum atomic E-state index is 12.4. The van der Waals surface area contributed by atoms with Crippen LogP contribution in [0.15, 0.2) is 0 Å². The number of halogens is 2. The van der Waals surface area contributed by atoms with Crippen LogP contribution in [0, 0.1) is 0 Å². The Kier molecular flexibility index (Phi) is 4.37. The molecule has 1 heterocycles. The molecule has 0 saturated carbocycles. The Labute approximate surface area is 70.4 Å². The highest BCUT2D eigenvalue weighted by molar-refractivity contribution is 5.85. The van der Waals surface area contributed by atoms with Crippen molar-refractivity contribution in [2.24, 2.45) is 0 Å². The molecule has 1 rings (SSSR count). The molecular weight excluding hydrogens is 173 g/mol. The predicted octanol–water partition coefficient (Wildman–Crippen LogP) is 0.583. The molecule has 2 atom stereocenters. The molecule has 1 aliphatic heterocycles. The molecule has 0 spiro atoms. The fourth-order valence-electron chi connectivity index (χ4n) is 1.14. The van der Waals surface area contributed by atoms with Crippen molar-refractivity contribution >= 4 is 18.4 Å². The largest absolute Gasteiger partial charge is 0.481 e. The first-order chi connectivity index (χ1) is 4.68. The number of carbonyl (C=O) groups is 1. The van der Waals surface area contributed by atoms with E-state index in [1.54, 1.807) is 0 Å². The second-order valence-corrected chi connectivity index (χ2v) is 2.54.